The number of fused-ring (bicyclic) bond motifs is 1. The van der Waals surface area contributed by atoms with Gasteiger partial charge in [-0.25, -0.2) is 5.43 Å². The molecule has 0 radical (unpaired) electrons. The van der Waals surface area contributed by atoms with Crippen molar-refractivity contribution in [1.29, 1.82) is 0 Å². The van der Waals surface area contributed by atoms with E-state index >= 15 is 0 Å². The average Bonchev–Trinajstić information content (AvgIpc) is 3.22. The SMILES string of the molecule is CCCCCOc1ccc(/C=N\NC(=O)c2[nH]c3ccc(C)cc3c2-c2ccccc2)cc1. The van der Waals surface area contributed by atoms with E-state index in [2.05, 4.69) is 28.5 Å². The smallest absolute Gasteiger partial charge is 0.288 e. The lowest BCUT2D eigenvalue weighted by atomic mass is 10.0. The molecule has 0 atom stereocenters. The highest BCUT2D eigenvalue weighted by atomic mass is 16.5. The van der Waals surface area contributed by atoms with Crippen molar-refractivity contribution < 1.29 is 9.53 Å². The summed E-state index contributed by atoms with van der Waals surface area (Å²) in [6.07, 6.45) is 5.04. The number of rotatable bonds is 9. The Morgan fingerprint density at radius 3 is 2.58 bits per heavy atom. The third kappa shape index (κ3) is 5.50. The summed E-state index contributed by atoms with van der Waals surface area (Å²) in [7, 11) is 0. The first-order valence-corrected chi connectivity index (χ1v) is 11.4. The third-order valence-electron chi connectivity index (χ3n) is 5.52. The molecule has 0 saturated carbocycles. The minimum atomic E-state index is -0.283. The second-order valence-electron chi connectivity index (χ2n) is 8.11. The number of carbonyl (C=O) groups is 1. The summed E-state index contributed by atoms with van der Waals surface area (Å²) >= 11 is 0. The Kier molecular flexibility index (Phi) is 7.20. The van der Waals surface area contributed by atoms with E-state index in [9.17, 15) is 4.79 Å². The number of benzene rings is 3. The number of nitrogens with zero attached hydrogens (tertiary/aromatic N) is 1. The fraction of sp³-hybridized carbons (Fsp3) is 0.214. The van der Waals surface area contributed by atoms with Gasteiger partial charge in [0.15, 0.2) is 0 Å². The Morgan fingerprint density at radius 1 is 1.03 bits per heavy atom. The molecule has 1 amide bonds. The number of carbonyl (C=O) groups excluding carboxylic acids is 1. The predicted octanol–water partition coefficient (Wildman–Crippen LogP) is 6.48. The summed E-state index contributed by atoms with van der Waals surface area (Å²) < 4.78 is 5.74. The molecule has 0 bridgehead atoms. The van der Waals surface area contributed by atoms with Gasteiger partial charge in [0.2, 0.25) is 0 Å². The normalized spacial score (nSPS) is 11.2. The molecule has 33 heavy (non-hydrogen) atoms. The minimum absolute atomic E-state index is 0.283. The van der Waals surface area contributed by atoms with Crippen LogP contribution in [-0.2, 0) is 0 Å². The summed E-state index contributed by atoms with van der Waals surface area (Å²) in [5.41, 5.74) is 7.97. The highest BCUT2D eigenvalue weighted by molar-refractivity contribution is 6.10. The number of aromatic nitrogens is 1. The van der Waals surface area contributed by atoms with Crippen LogP contribution < -0.4 is 10.2 Å². The number of hydrazone groups is 1. The number of aryl methyl sites for hydroxylation is 1. The van der Waals surface area contributed by atoms with E-state index in [0.29, 0.717) is 5.69 Å². The molecule has 2 N–H and O–H groups in total. The molecular weight excluding hydrogens is 410 g/mol. The van der Waals surface area contributed by atoms with Crippen molar-refractivity contribution in [3.63, 3.8) is 0 Å². The van der Waals surface area contributed by atoms with E-state index in [-0.39, 0.29) is 5.91 Å². The Labute approximate surface area is 194 Å². The van der Waals surface area contributed by atoms with Gasteiger partial charge in [-0.1, -0.05) is 61.7 Å². The highest BCUT2D eigenvalue weighted by Gasteiger charge is 2.19. The van der Waals surface area contributed by atoms with Crippen LogP contribution in [0.15, 0.2) is 77.9 Å². The van der Waals surface area contributed by atoms with E-state index in [1.54, 1.807) is 6.21 Å². The number of nitrogens with one attached hydrogen (secondary N) is 2. The van der Waals surface area contributed by atoms with E-state index in [0.717, 1.165) is 51.9 Å². The Hall–Kier alpha value is -3.86. The molecule has 0 fully saturated rings. The number of amides is 1. The topological polar surface area (TPSA) is 66.5 Å². The Morgan fingerprint density at radius 2 is 1.82 bits per heavy atom. The molecule has 1 aromatic heterocycles. The first-order chi connectivity index (χ1) is 16.2. The van der Waals surface area contributed by atoms with Crippen LogP contribution in [0.3, 0.4) is 0 Å². The minimum Gasteiger partial charge on any atom is -0.494 e. The monoisotopic (exact) mass is 439 g/mol. The summed E-state index contributed by atoms with van der Waals surface area (Å²) in [5, 5.41) is 5.19. The molecule has 4 rings (SSSR count). The third-order valence-corrected chi connectivity index (χ3v) is 5.52. The fourth-order valence-electron chi connectivity index (χ4n) is 3.79. The van der Waals surface area contributed by atoms with Gasteiger partial charge in [-0.2, -0.15) is 5.10 Å². The summed E-state index contributed by atoms with van der Waals surface area (Å²) in [5.74, 6) is 0.558. The van der Waals surface area contributed by atoms with E-state index in [4.69, 9.17) is 4.74 Å². The molecule has 5 nitrogen and oxygen atoms in total. The molecule has 0 unspecified atom stereocenters. The summed E-state index contributed by atoms with van der Waals surface area (Å²) in [4.78, 5) is 16.3. The van der Waals surface area contributed by atoms with E-state index < -0.39 is 0 Å². The molecule has 0 aliphatic heterocycles. The van der Waals surface area contributed by atoms with Crippen LogP contribution in [0.4, 0.5) is 0 Å². The zero-order chi connectivity index (χ0) is 23.0. The van der Waals surface area contributed by atoms with Gasteiger partial charge in [0.1, 0.15) is 11.4 Å². The van der Waals surface area contributed by atoms with Crippen LogP contribution in [-0.4, -0.2) is 23.7 Å². The lowest BCUT2D eigenvalue weighted by Crippen LogP contribution is -2.18. The van der Waals surface area contributed by atoms with Gasteiger partial charge in [0, 0.05) is 16.5 Å². The molecule has 0 spiro atoms. The lowest BCUT2D eigenvalue weighted by Gasteiger charge is -2.06. The number of aromatic amines is 1. The van der Waals surface area contributed by atoms with Gasteiger partial charge in [-0.15, -0.1) is 0 Å². The summed E-state index contributed by atoms with van der Waals surface area (Å²) in [6, 6.07) is 23.8. The van der Waals surface area contributed by atoms with Crippen LogP contribution in [0.2, 0.25) is 0 Å². The molecule has 168 valence electrons. The number of ether oxygens (including phenoxy) is 1. The van der Waals surface area contributed by atoms with Gasteiger partial charge in [-0.05, 0) is 60.9 Å². The molecule has 1 heterocycles. The maximum Gasteiger partial charge on any atom is 0.288 e. The van der Waals surface area contributed by atoms with Crippen molar-refractivity contribution in [2.24, 2.45) is 5.10 Å². The maximum atomic E-state index is 13.0. The molecule has 0 aliphatic rings. The zero-order valence-corrected chi connectivity index (χ0v) is 19.1. The predicted molar refractivity (Wildman–Crippen MR) is 135 cm³/mol. The standard InChI is InChI=1S/C28H29N3O2/c1-3-4-8-17-33-23-14-12-21(13-15-23)19-29-31-28(32)27-26(22-9-6-5-7-10-22)24-18-20(2)11-16-25(24)30-27/h5-7,9-16,18-19,30H,3-4,8,17H2,1-2H3,(H,31,32)/b29-19-. The first-order valence-electron chi connectivity index (χ1n) is 11.4. The van der Waals surface area contributed by atoms with Crippen LogP contribution in [0.25, 0.3) is 22.0 Å². The number of H-pyrrole nitrogens is 1. The molecule has 4 aromatic rings. The van der Waals surface area contributed by atoms with Crippen molar-refractivity contribution in [1.82, 2.24) is 10.4 Å². The highest BCUT2D eigenvalue weighted by Crippen LogP contribution is 2.33. The molecule has 3 aromatic carbocycles. The lowest BCUT2D eigenvalue weighted by molar-refractivity contribution is 0.0951. The molecule has 5 heteroatoms. The average molecular weight is 440 g/mol. The fourth-order valence-corrected chi connectivity index (χ4v) is 3.79. The largest absolute Gasteiger partial charge is 0.494 e. The van der Waals surface area contributed by atoms with Crippen molar-refractivity contribution in [3.05, 3.63) is 89.6 Å². The number of hydrogen-bond acceptors (Lipinski definition) is 3. The maximum absolute atomic E-state index is 13.0. The van der Waals surface area contributed by atoms with Gasteiger partial charge in [0.05, 0.1) is 12.8 Å². The zero-order valence-electron chi connectivity index (χ0n) is 19.1. The summed E-state index contributed by atoms with van der Waals surface area (Å²) in [6.45, 7) is 4.95. The molecule has 0 saturated heterocycles. The Balaban J connectivity index is 1.49. The van der Waals surface area contributed by atoms with E-state index in [1.165, 1.54) is 12.8 Å². The first kappa shape index (κ1) is 22.3. The quantitative estimate of drug-likeness (QED) is 0.178. The number of hydrogen-bond donors (Lipinski definition) is 2. The second-order valence-corrected chi connectivity index (χ2v) is 8.11. The van der Waals surface area contributed by atoms with Gasteiger partial charge < -0.3 is 9.72 Å². The van der Waals surface area contributed by atoms with Crippen LogP contribution >= 0.6 is 0 Å². The molecule has 0 aliphatic carbocycles. The van der Waals surface area contributed by atoms with Gasteiger partial charge in [0.25, 0.3) is 5.91 Å². The van der Waals surface area contributed by atoms with Crippen molar-refractivity contribution in [2.75, 3.05) is 6.61 Å². The van der Waals surface area contributed by atoms with Crippen molar-refractivity contribution in [3.8, 4) is 16.9 Å². The van der Waals surface area contributed by atoms with Crippen LogP contribution in [0, 0.1) is 6.92 Å². The van der Waals surface area contributed by atoms with Gasteiger partial charge in [-0.3, -0.25) is 4.79 Å². The van der Waals surface area contributed by atoms with Crippen molar-refractivity contribution >= 4 is 23.0 Å². The van der Waals surface area contributed by atoms with Gasteiger partial charge >= 0.3 is 0 Å². The Bertz CT molecular complexity index is 1240. The van der Waals surface area contributed by atoms with Crippen LogP contribution in [0.5, 0.6) is 5.75 Å². The van der Waals surface area contributed by atoms with E-state index in [1.807, 2.05) is 73.7 Å². The number of unbranched alkanes of at least 4 members (excludes halogenated alkanes) is 2. The van der Waals surface area contributed by atoms with Crippen molar-refractivity contribution in [2.45, 2.75) is 33.1 Å². The second kappa shape index (κ2) is 10.6. The van der Waals surface area contributed by atoms with Crippen LogP contribution in [0.1, 0.15) is 47.8 Å². The molecular formula is C28H29N3O2.